The van der Waals surface area contributed by atoms with Crippen LogP contribution in [-0.2, 0) is 4.74 Å². The van der Waals surface area contributed by atoms with E-state index in [9.17, 15) is 0 Å². The summed E-state index contributed by atoms with van der Waals surface area (Å²) in [6.07, 6.45) is 5.84. The van der Waals surface area contributed by atoms with Gasteiger partial charge in [0.2, 0.25) is 0 Å². The molecule has 1 aliphatic heterocycles. The van der Waals surface area contributed by atoms with Crippen LogP contribution in [0.3, 0.4) is 0 Å². The zero-order valence-corrected chi connectivity index (χ0v) is 10.9. The van der Waals surface area contributed by atoms with Gasteiger partial charge >= 0.3 is 0 Å². The lowest BCUT2D eigenvalue weighted by molar-refractivity contribution is 0.0393. The van der Waals surface area contributed by atoms with Crippen LogP contribution in [0.2, 0.25) is 5.02 Å². The van der Waals surface area contributed by atoms with Crippen molar-refractivity contribution in [2.24, 2.45) is 5.92 Å². The van der Waals surface area contributed by atoms with Gasteiger partial charge in [0.1, 0.15) is 0 Å². The molecule has 3 nitrogen and oxygen atoms in total. The maximum Gasteiger partial charge on any atom is 0.0637 e. The zero-order valence-electron chi connectivity index (χ0n) is 10.2. The highest BCUT2D eigenvalue weighted by Crippen LogP contribution is 2.32. The highest BCUT2D eigenvalue weighted by atomic mass is 35.5. The van der Waals surface area contributed by atoms with Crippen molar-refractivity contribution in [3.8, 4) is 0 Å². The quantitative estimate of drug-likeness (QED) is 0.897. The third kappa shape index (κ3) is 3.18. The Morgan fingerprint density at radius 3 is 3.18 bits per heavy atom. The Kier molecular flexibility index (Phi) is 4.77. The molecule has 1 saturated heterocycles. The van der Waals surface area contributed by atoms with Crippen molar-refractivity contribution in [2.45, 2.75) is 25.8 Å². The maximum absolute atomic E-state index is 6.23. The van der Waals surface area contributed by atoms with Crippen LogP contribution in [0.4, 0.5) is 0 Å². The van der Waals surface area contributed by atoms with Gasteiger partial charge in [-0.3, -0.25) is 4.98 Å². The van der Waals surface area contributed by atoms with E-state index in [0.29, 0.717) is 5.92 Å². The first-order chi connectivity index (χ1) is 8.33. The van der Waals surface area contributed by atoms with Gasteiger partial charge < -0.3 is 10.1 Å². The van der Waals surface area contributed by atoms with Crippen molar-refractivity contribution in [2.75, 3.05) is 19.8 Å². The van der Waals surface area contributed by atoms with Crippen molar-refractivity contribution in [3.63, 3.8) is 0 Å². The molecule has 17 heavy (non-hydrogen) atoms. The molecule has 1 aromatic heterocycles. The fraction of sp³-hybridized carbons (Fsp3) is 0.615. The molecule has 2 atom stereocenters. The zero-order chi connectivity index (χ0) is 12.1. The SMILES string of the molecule is CCNC(c1ccncc1Cl)C1CCCOC1. The summed E-state index contributed by atoms with van der Waals surface area (Å²) in [4.78, 5) is 4.04. The first-order valence-electron chi connectivity index (χ1n) is 6.23. The van der Waals surface area contributed by atoms with Gasteiger partial charge in [0.15, 0.2) is 0 Å². The minimum Gasteiger partial charge on any atom is -0.381 e. The van der Waals surface area contributed by atoms with E-state index in [1.165, 1.54) is 6.42 Å². The van der Waals surface area contributed by atoms with Gasteiger partial charge in [-0.15, -0.1) is 0 Å². The van der Waals surface area contributed by atoms with Crippen molar-refractivity contribution in [1.29, 1.82) is 0 Å². The largest absolute Gasteiger partial charge is 0.381 e. The lowest BCUT2D eigenvalue weighted by atomic mass is 9.89. The average Bonchev–Trinajstić information content (AvgIpc) is 2.38. The highest BCUT2D eigenvalue weighted by molar-refractivity contribution is 6.31. The molecule has 1 N–H and O–H groups in total. The molecule has 2 rings (SSSR count). The van der Waals surface area contributed by atoms with E-state index in [1.807, 2.05) is 6.07 Å². The lowest BCUT2D eigenvalue weighted by Crippen LogP contribution is -2.33. The fourth-order valence-corrected chi connectivity index (χ4v) is 2.65. The van der Waals surface area contributed by atoms with E-state index in [2.05, 4.69) is 17.2 Å². The van der Waals surface area contributed by atoms with Gasteiger partial charge in [0.25, 0.3) is 0 Å². The molecule has 0 amide bonds. The third-order valence-electron chi connectivity index (χ3n) is 3.23. The minimum atomic E-state index is 0.274. The summed E-state index contributed by atoms with van der Waals surface area (Å²) in [7, 11) is 0. The molecular formula is C13H19ClN2O. The van der Waals surface area contributed by atoms with Crippen LogP contribution in [0, 0.1) is 5.92 Å². The van der Waals surface area contributed by atoms with Gasteiger partial charge in [0, 0.05) is 31.0 Å². The number of pyridine rings is 1. The average molecular weight is 255 g/mol. The third-order valence-corrected chi connectivity index (χ3v) is 3.55. The molecule has 0 spiro atoms. The number of nitrogens with one attached hydrogen (secondary N) is 1. The number of halogens is 1. The van der Waals surface area contributed by atoms with Gasteiger partial charge in [-0.25, -0.2) is 0 Å². The molecule has 0 saturated carbocycles. The summed E-state index contributed by atoms with van der Waals surface area (Å²) in [5.74, 6) is 0.503. The second-order valence-corrected chi connectivity index (χ2v) is 4.82. The molecule has 2 heterocycles. The monoisotopic (exact) mass is 254 g/mol. The van der Waals surface area contributed by atoms with Crippen LogP contribution < -0.4 is 5.32 Å². The molecule has 94 valence electrons. The van der Waals surface area contributed by atoms with Crippen molar-refractivity contribution >= 4 is 11.6 Å². The van der Waals surface area contributed by atoms with Gasteiger partial charge in [0.05, 0.1) is 11.6 Å². The van der Waals surface area contributed by atoms with E-state index < -0.39 is 0 Å². The van der Waals surface area contributed by atoms with Gasteiger partial charge in [-0.2, -0.15) is 0 Å². The van der Waals surface area contributed by atoms with Crippen molar-refractivity contribution in [1.82, 2.24) is 10.3 Å². The second kappa shape index (κ2) is 6.34. The Balaban J connectivity index is 2.18. The number of ether oxygens (including phenoxy) is 1. The standard InChI is InChI=1S/C13H19ClN2O/c1-2-16-13(10-4-3-7-17-9-10)11-5-6-15-8-12(11)14/h5-6,8,10,13,16H,2-4,7,9H2,1H3. The number of hydrogen-bond donors (Lipinski definition) is 1. The van der Waals surface area contributed by atoms with Gasteiger partial charge in [-0.1, -0.05) is 18.5 Å². The predicted molar refractivity (Wildman–Crippen MR) is 69.2 cm³/mol. The van der Waals surface area contributed by atoms with E-state index in [-0.39, 0.29) is 6.04 Å². The second-order valence-electron chi connectivity index (χ2n) is 4.41. The molecule has 1 fully saturated rings. The van der Waals surface area contributed by atoms with Crippen LogP contribution in [0.1, 0.15) is 31.4 Å². The molecule has 2 unspecified atom stereocenters. The molecule has 1 aliphatic rings. The number of nitrogens with zero attached hydrogens (tertiary/aromatic N) is 1. The van der Waals surface area contributed by atoms with E-state index >= 15 is 0 Å². The summed E-state index contributed by atoms with van der Waals surface area (Å²) in [6.45, 7) is 4.75. The van der Waals surface area contributed by atoms with E-state index in [0.717, 1.165) is 36.8 Å². The number of rotatable bonds is 4. The first kappa shape index (κ1) is 12.8. The number of aromatic nitrogens is 1. The van der Waals surface area contributed by atoms with Crippen LogP contribution in [0.25, 0.3) is 0 Å². The highest BCUT2D eigenvalue weighted by Gasteiger charge is 2.26. The molecular weight excluding hydrogens is 236 g/mol. The van der Waals surface area contributed by atoms with Crippen molar-refractivity contribution < 1.29 is 4.74 Å². The Hall–Kier alpha value is -0.640. The van der Waals surface area contributed by atoms with Gasteiger partial charge in [-0.05, 0) is 31.0 Å². The lowest BCUT2D eigenvalue weighted by Gasteiger charge is -2.31. The Morgan fingerprint density at radius 1 is 1.65 bits per heavy atom. The van der Waals surface area contributed by atoms with Crippen LogP contribution in [-0.4, -0.2) is 24.7 Å². The molecule has 0 bridgehead atoms. The van der Waals surface area contributed by atoms with Crippen LogP contribution in [0.5, 0.6) is 0 Å². The summed E-state index contributed by atoms with van der Waals surface area (Å²) >= 11 is 6.23. The Morgan fingerprint density at radius 2 is 2.53 bits per heavy atom. The summed E-state index contributed by atoms with van der Waals surface area (Å²) in [6, 6.07) is 2.28. The Labute approximate surface area is 108 Å². The number of hydrogen-bond acceptors (Lipinski definition) is 3. The summed E-state index contributed by atoms with van der Waals surface area (Å²) < 4.78 is 5.57. The van der Waals surface area contributed by atoms with Crippen LogP contribution in [0.15, 0.2) is 18.5 Å². The summed E-state index contributed by atoms with van der Waals surface area (Å²) in [5, 5.41) is 4.26. The van der Waals surface area contributed by atoms with Crippen molar-refractivity contribution in [3.05, 3.63) is 29.0 Å². The topological polar surface area (TPSA) is 34.2 Å². The summed E-state index contributed by atoms with van der Waals surface area (Å²) in [5.41, 5.74) is 1.14. The minimum absolute atomic E-state index is 0.274. The molecule has 1 aromatic rings. The molecule has 4 heteroatoms. The predicted octanol–water partition coefficient (Wildman–Crippen LogP) is 2.81. The molecule has 0 aromatic carbocycles. The smallest absolute Gasteiger partial charge is 0.0637 e. The van der Waals surface area contributed by atoms with E-state index in [1.54, 1.807) is 12.4 Å². The Bertz CT molecular complexity index is 353. The fourth-order valence-electron chi connectivity index (χ4n) is 2.42. The normalized spacial score (nSPS) is 22.4. The van der Waals surface area contributed by atoms with E-state index in [4.69, 9.17) is 16.3 Å². The molecule has 0 aliphatic carbocycles. The van der Waals surface area contributed by atoms with Crippen LogP contribution >= 0.6 is 11.6 Å². The molecule has 0 radical (unpaired) electrons. The maximum atomic E-state index is 6.23. The first-order valence-corrected chi connectivity index (χ1v) is 6.61.